The molecule has 1 fully saturated rings. The van der Waals surface area contributed by atoms with Gasteiger partial charge in [0.2, 0.25) is 0 Å². The topological polar surface area (TPSA) is 77.5 Å². The summed E-state index contributed by atoms with van der Waals surface area (Å²) < 4.78 is 8.26. The minimum absolute atomic E-state index is 0.0543. The molecule has 1 saturated carbocycles. The van der Waals surface area contributed by atoms with Crippen LogP contribution >= 0.6 is 11.3 Å². The first-order valence-electron chi connectivity index (χ1n) is 11.3. The van der Waals surface area contributed by atoms with Crippen LogP contribution in [0.25, 0.3) is 10.2 Å². The zero-order chi connectivity index (χ0) is 20.5. The molecule has 0 atom stereocenters. The average Bonchev–Trinajstić information content (AvgIpc) is 3.05. The van der Waals surface area contributed by atoms with Gasteiger partial charge in [-0.05, 0) is 43.2 Å². The Balaban J connectivity index is 1.34. The van der Waals surface area contributed by atoms with E-state index in [0.717, 1.165) is 61.5 Å². The zero-order valence-corrected chi connectivity index (χ0v) is 18.4. The summed E-state index contributed by atoms with van der Waals surface area (Å²) in [5.41, 5.74) is 7.18. The largest absolute Gasteiger partial charge is 0.505 e. The molecular formula is C23H36N2O3S. The highest BCUT2D eigenvalue weighted by molar-refractivity contribution is 7.16. The molecule has 0 bridgehead atoms. The van der Waals surface area contributed by atoms with E-state index < -0.39 is 0 Å². The number of aromatic nitrogens is 1. The minimum Gasteiger partial charge on any atom is -0.505 e. The van der Waals surface area contributed by atoms with Crippen LogP contribution in [0.4, 0.5) is 0 Å². The monoisotopic (exact) mass is 420 g/mol. The second-order valence-corrected chi connectivity index (χ2v) is 9.29. The zero-order valence-electron chi connectivity index (χ0n) is 17.5. The van der Waals surface area contributed by atoms with Crippen LogP contribution in [0, 0.1) is 5.92 Å². The van der Waals surface area contributed by atoms with Gasteiger partial charge >= 0.3 is 4.87 Å². The maximum Gasteiger partial charge on any atom is 0.308 e. The van der Waals surface area contributed by atoms with Gasteiger partial charge in [-0.3, -0.25) is 9.36 Å². The van der Waals surface area contributed by atoms with Gasteiger partial charge < -0.3 is 15.6 Å². The first-order valence-corrected chi connectivity index (χ1v) is 12.1. The van der Waals surface area contributed by atoms with Gasteiger partial charge in [-0.15, -0.1) is 0 Å². The van der Waals surface area contributed by atoms with Crippen LogP contribution in [0.2, 0.25) is 0 Å². The van der Waals surface area contributed by atoms with E-state index in [0.29, 0.717) is 18.6 Å². The molecule has 1 heterocycles. The van der Waals surface area contributed by atoms with Crippen molar-refractivity contribution >= 4 is 21.6 Å². The van der Waals surface area contributed by atoms with Gasteiger partial charge in [0, 0.05) is 26.3 Å². The number of hydrogen-bond donors (Lipinski definition) is 2. The molecule has 6 heteroatoms. The van der Waals surface area contributed by atoms with Crippen molar-refractivity contribution in [1.29, 1.82) is 0 Å². The molecule has 0 saturated heterocycles. The van der Waals surface area contributed by atoms with Gasteiger partial charge in [0.1, 0.15) is 11.3 Å². The molecule has 0 radical (unpaired) electrons. The van der Waals surface area contributed by atoms with Gasteiger partial charge in [-0.1, -0.05) is 62.3 Å². The maximum absolute atomic E-state index is 12.1. The third kappa shape index (κ3) is 6.30. The lowest BCUT2D eigenvalue weighted by Crippen LogP contribution is -2.18. The summed E-state index contributed by atoms with van der Waals surface area (Å²) in [7, 11) is 0. The number of benzene rings is 1. The molecule has 5 nitrogen and oxygen atoms in total. The van der Waals surface area contributed by atoms with E-state index in [1.54, 1.807) is 4.57 Å². The number of hydrogen-bond acceptors (Lipinski definition) is 5. The first-order chi connectivity index (χ1) is 14.2. The number of unbranched alkanes of at least 4 members (excludes halogenated alkanes) is 3. The highest BCUT2D eigenvalue weighted by Gasteiger charge is 2.14. The van der Waals surface area contributed by atoms with Crippen LogP contribution in [0.5, 0.6) is 5.75 Å². The minimum atomic E-state index is -0.0543. The van der Waals surface area contributed by atoms with E-state index >= 15 is 0 Å². The summed E-state index contributed by atoms with van der Waals surface area (Å²) in [6, 6.07) is 3.90. The van der Waals surface area contributed by atoms with E-state index in [1.165, 1.54) is 49.9 Å². The molecule has 1 aromatic carbocycles. The molecular weight excluding hydrogens is 384 g/mol. The number of nitrogens with zero attached hydrogens (tertiary/aromatic N) is 1. The van der Waals surface area contributed by atoms with Crippen LogP contribution in [-0.2, 0) is 17.7 Å². The van der Waals surface area contributed by atoms with Crippen LogP contribution in [0.3, 0.4) is 0 Å². The Morgan fingerprint density at radius 2 is 1.90 bits per heavy atom. The number of phenolic OH excluding ortho intramolecular Hbond substituents is 1. The van der Waals surface area contributed by atoms with Crippen molar-refractivity contribution in [2.24, 2.45) is 11.7 Å². The Kier molecular flexibility index (Phi) is 9.02. The number of aromatic hydroxyl groups is 1. The predicted molar refractivity (Wildman–Crippen MR) is 121 cm³/mol. The molecule has 1 aromatic heterocycles. The van der Waals surface area contributed by atoms with Crippen LogP contribution in [0.1, 0.15) is 69.8 Å². The molecule has 3 N–H and O–H groups in total. The maximum atomic E-state index is 12.1. The number of fused-ring (bicyclic) bond motifs is 1. The summed E-state index contributed by atoms with van der Waals surface area (Å²) in [5.74, 6) is 1.15. The highest BCUT2D eigenvalue weighted by atomic mass is 32.1. The summed E-state index contributed by atoms with van der Waals surface area (Å²) >= 11 is 1.17. The highest BCUT2D eigenvalue weighted by Crippen LogP contribution is 2.31. The van der Waals surface area contributed by atoms with Crippen molar-refractivity contribution < 1.29 is 9.84 Å². The molecule has 0 spiro atoms. The summed E-state index contributed by atoms with van der Waals surface area (Å²) in [4.78, 5) is 12.0. The number of rotatable bonds is 12. The molecule has 1 aliphatic rings. The van der Waals surface area contributed by atoms with E-state index in [1.807, 2.05) is 12.1 Å². The van der Waals surface area contributed by atoms with Crippen molar-refractivity contribution in [3.8, 4) is 5.75 Å². The number of aryl methyl sites for hydroxylation is 1. The quantitative estimate of drug-likeness (QED) is 0.483. The third-order valence-corrected chi connectivity index (χ3v) is 7.06. The summed E-state index contributed by atoms with van der Waals surface area (Å²) in [5, 5.41) is 10.7. The van der Waals surface area contributed by atoms with Gasteiger partial charge in [-0.25, -0.2) is 0 Å². The van der Waals surface area contributed by atoms with Gasteiger partial charge in [-0.2, -0.15) is 0 Å². The molecule has 0 unspecified atom stereocenters. The fraction of sp³-hybridized carbons (Fsp3) is 0.696. The number of nitrogens with two attached hydrogens (primary N) is 1. The van der Waals surface area contributed by atoms with E-state index in [-0.39, 0.29) is 10.6 Å². The van der Waals surface area contributed by atoms with Crippen molar-refractivity contribution in [3.63, 3.8) is 0 Å². The molecule has 0 amide bonds. The Hall–Kier alpha value is -1.37. The third-order valence-electron chi connectivity index (χ3n) is 6.12. The first kappa shape index (κ1) is 22.3. The predicted octanol–water partition coefficient (Wildman–Crippen LogP) is 4.82. The molecule has 3 rings (SSSR count). The van der Waals surface area contributed by atoms with Crippen LogP contribution < -0.4 is 10.6 Å². The summed E-state index contributed by atoms with van der Waals surface area (Å²) in [6.45, 7) is 2.61. The number of ether oxygens (including phenoxy) is 1. The molecule has 2 aromatic rings. The van der Waals surface area contributed by atoms with E-state index in [2.05, 4.69) is 0 Å². The number of thiazole rings is 1. The van der Waals surface area contributed by atoms with Crippen molar-refractivity contribution in [2.45, 2.75) is 77.2 Å². The Labute approximate surface area is 177 Å². The van der Waals surface area contributed by atoms with Crippen molar-refractivity contribution in [2.75, 3.05) is 19.8 Å². The Morgan fingerprint density at radius 1 is 1.10 bits per heavy atom. The molecule has 0 aliphatic heterocycles. The molecule has 162 valence electrons. The van der Waals surface area contributed by atoms with Crippen molar-refractivity contribution in [3.05, 3.63) is 27.4 Å². The Morgan fingerprint density at radius 3 is 2.69 bits per heavy atom. The van der Waals surface area contributed by atoms with Crippen molar-refractivity contribution in [1.82, 2.24) is 4.57 Å². The SMILES string of the molecule is NCCn1c(=O)sc2ccc(CCCCCCOCCC3CCCCC3)c(O)c21. The lowest BCUT2D eigenvalue weighted by Gasteiger charge is -2.21. The normalized spacial score (nSPS) is 15.3. The van der Waals surface area contributed by atoms with E-state index in [9.17, 15) is 9.90 Å². The smallest absolute Gasteiger partial charge is 0.308 e. The fourth-order valence-electron chi connectivity index (χ4n) is 4.42. The van der Waals surface area contributed by atoms with Crippen LogP contribution in [0.15, 0.2) is 16.9 Å². The second-order valence-electron chi connectivity index (χ2n) is 8.30. The average molecular weight is 421 g/mol. The van der Waals surface area contributed by atoms with Gasteiger partial charge in [0.15, 0.2) is 0 Å². The second kappa shape index (κ2) is 11.7. The Bertz CT molecular complexity index is 808. The molecule has 1 aliphatic carbocycles. The lowest BCUT2D eigenvalue weighted by molar-refractivity contribution is 0.110. The fourth-order valence-corrected chi connectivity index (χ4v) is 5.34. The lowest BCUT2D eigenvalue weighted by atomic mass is 9.87. The van der Waals surface area contributed by atoms with Gasteiger partial charge in [0.05, 0.1) is 4.70 Å². The van der Waals surface area contributed by atoms with Gasteiger partial charge in [0.25, 0.3) is 0 Å². The standard InChI is InChI=1S/C23H36N2O3S/c24-14-15-25-21-20(29-23(25)27)12-11-19(22(21)26)10-6-1-2-7-16-28-17-13-18-8-4-3-5-9-18/h11-12,18,26H,1-10,13-17,24H2. The summed E-state index contributed by atoms with van der Waals surface area (Å²) in [6.07, 6.45) is 13.5. The van der Waals surface area contributed by atoms with E-state index in [4.69, 9.17) is 10.5 Å². The molecule has 29 heavy (non-hydrogen) atoms. The van der Waals surface area contributed by atoms with Crippen LogP contribution in [-0.4, -0.2) is 29.4 Å². The number of phenols is 1.